The third-order valence-corrected chi connectivity index (χ3v) is 6.88. The van der Waals surface area contributed by atoms with Crippen molar-refractivity contribution in [3.63, 3.8) is 0 Å². The van der Waals surface area contributed by atoms with Crippen molar-refractivity contribution in [3.05, 3.63) is 83.9 Å². The second-order valence-corrected chi connectivity index (χ2v) is 9.71. The first kappa shape index (κ1) is 28.1. The van der Waals surface area contributed by atoms with Gasteiger partial charge in [0.2, 0.25) is 0 Å². The molecule has 3 N–H and O–H groups in total. The van der Waals surface area contributed by atoms with Gasteiger partial charge in [-0.2, -0.15) is 0 Å². The van der Waals surface area contributed by atoms with E-state index in [-0.39, 0.29) is 18.0 Å². The second kappa shape index (κ2) is 13.2. The normalized spacial score (nSPS) is 15.0. The molecule has 3 aromatic rings. The molecular formula is C30H32FN5O5. The molecule has 3 heterocycles. The van der Waals surface area contributed by atoms with E-state index in [2.05, 4.69) is 20.9 Å². The Morgan fingerprint density at radius 1 is 1.10 bits per heavy atom. The number of carbonyl (C=O) groups is 2. The zero-order chi connectivity index (χ0) is 28.6. The first-order valence-corrected chi connectivity index (χ1v) is 13.5. The van der Waals surface area contributed by atoms with E-state index >= 15 is 4.39 Å². The summed E-state index contributed by atoms with van der Waals surface area (Å²) in [4.78, 5) is 34.7. The standard InChI is InChI=1S/C30H32FN5O5/c1-39-23-6-7-26-24(17-23)27(11-15-36(26)40-19-20-9-13-32-14-10-20)41-28-8-5-21(16-25(28)31)35-30(38)29(37)34-18-22-4-2-3-12-33-22/h2-8,11-12,16-17,20,32H,9-10,13-15,18-19H2,1H3,(H,34,37)(H,35,38). The van der Waals surface area contributed by atoms with Gasteiger partial charge in [-0.05, 0) is 80.4 Å². The summed E-state index contributed by atoms with van der Waals surface area (Å²) in [6.07, 6.45) is 5.55. The molecule has 1 aromatic heterocycles. The number of benzene rings is 2. The summed E-state index contributed by atoms with van der Waals surface area (Å²) in [5, 5.41) is 10.1. The Labute approximate surface area is 237 Å². The van der Waals surface area contributed by atoms with Gasteiger partial charge in [0.1, 0.15) is 11.5 Å². The minimum absolute atomic E-state index is 0.0355. The van der Waals surface area contributed by atoms with E-state index in [4.69, 9.17) is 14.3 Å². The number of methoxy groups -OCH3 is 1. The van der Waals surface area contributed by atoms with Crippen LogP contribution in [-0.4, -0.2) is 50.1 Å². The molecule has 1 saturated heterocycles. The minimum atomic E-state index is -0.922. The summed E-state index contributed by atoms with van der Waals surface area (Å²) in [7, 11) is 1.58. The number of hydroxylamine groups is 1. The maximum atomic E-state index is 15.1. The quantitative estimate of drug-likeness (QED) is 0.340. The van der Waals surface area contributed by atoms with E-state index in [1.165, 1.54) is 12.1 Å². The number of hydrogen-bond acceptors (Lipinski definition) is 8. The lowest BCUT2D eigenvalue weighted by atomic mass is 9.99. The third kappa shape index (κ3) is 7.19. The molecule has 2 aliphatic rings. The molecule has 2 amide bonds. The fraction of sp³-hybridized carbons (Fsp3) is 0.300. The van der Waals surface area contributed by atoms with Crippen molar-refractivity contribution in [2.75, 3.05) is 43.7 Å². The zero-order valence-corrected chi connectivity index (χ0v) is 22.7. The van der Waals surface area contributed by atoms with Crippen LogP contribution in [0.15, 0.2) is 66.9 Å². The smallest absolute Gasteiger partial charge is 0.313 e. The maximum Gasteiger partial charge on any atom is 0.313 e. The van der Waals surface area contributed by atoms with Gasteiger partial charge in [-0.1, -0.05) is 6.07 Å². The fourth-order valence-corrected chi connectivity index (χ4v) is 4.62. The van der Waals surface area contributed by atoms with E-state index in [1.54, 1.807) is 31.5 Å². The van der Waals surface area contributed by atoms with Crippen LogP contribution >= 0.6 is 0 Å². The Morgan fingerprint density at radius 3 is 2.71 bits per heavy atom. The monoisotopic (exact) mass is 561 g/mol. The topological polar surface area (TPSA) is 114 Å². The number of halogens is 1. The summed E-state index contributed by atoms with van der Waals surface area (Å²) in [5.41, 5.74) is 2.21. The highest BCUT2D eigenvalue weighted by Crippen LogP contribution is 2.37. The van der Waals surface area contributed by atoms with Gasteiger partial charge in [0.15, 0.2) is 11.6 Å². The Kier molecular flexibility index (Phi) is 9.07. The highest BCUT2D eigenvalue weighted by molar-refractivity contribution is 6.39. The second-order valence-electron chi connectivity index (χ2n) is 9.71. The summed E-state index contributed by atoms with van der Waals surface area (Å²) in [6.45, 7) is 3.11. The molecule has 0 spiro atoms. The van der Waals surface area contributed by atoms with Gasteiger partial charge in [0.05, 0.1) is 38.2 Å². The van der Waals surface area contributed by atoms with Crippen LogP contribution < -0.4 is 30.5 Å². The van der Waals surface area contributed by atoms with Crippen molar-refractivity contribution in [1.29, 1.82) is 0 Å². The molecule has 0 bridgehead atoms. The Balaban J connectivity index is 1.23. The molecule has 41 heavy (non-hydrogen) atoms. The average molecular weight is 562 g/mol. The van der Waals surface area contributed by atoms with E-state index in [0.717, 1.165) is 37.7 Å². The van der Waals surface area contributed by atoms with Crippen LogP contribution in [-0.2, 0) is 21.0 Å². The number of amides is 2. The van der Waals surface area contributed by atoms with E-state index in [1.807, 2.05) is 29.3 Å². The Morgan fingerprint density at radius 2 is 1.95 bits per heavy atom. The van der Waals surface area contributed by atoms with Crippen LogP contribution in [0.25, 0.3) is 5.76 Å². The van der Waals surface area contributed by atoms with E-state index < -0.39 is 17.6 Å². The molecule has 0 aliphatic carbocycles. The highest BCUT2D eigenvalue weighted by Gasteiger charge is 2.24. The molecule has 0 saturated carbocycles. The summed E-state index contributed by atoms with van der Waals surface area (Å²) < 4.78 is 26.5. The van der Waals surface area contributed by atoms with Crippen molar-refractivity contribution in [3.8, 4) is 11.5 Å². The molecule has 5 rings (SSSR count). The van der Waals surface area contributed by atoms with Gasteiger partial charge in [0, 0.05) is 23.5 Å². The number of hydrogen-bond donors (Lipinski definition) is 3. The van der Waals surface area contributed by atoms with Crippen LogP contribution in [0.2, 0.25) is 0 Å². The Hall–Kier alpha value is -4.48. The summed E-state index contributed by atoms with van der Waals surface area (Å²) >= 11 is 0. The van der Waals surface area contributed by atoms with Crippen LogP contribution in [0.3, 0.4) is 0 Å². The van der Waals surface area contributed by atoms with Crippen molar-refractivity contribution < 1.29 is 28.3 Å². The first-order valence-electron chi connectivity index (χ1n) is 13.5. The van der Waals surface area contributed by atoms with Crippen LogP contribution in [0.4, 0.5) is 15.8 Å². The molecule has 11 heteroatoms. The van der Waals surface area contributed by atoms with Crippen molar-refractivity contribution in [1.82, 2.24) is 15.6 Å². The number of piperidine rings is 1. The van der Waals surface area contributed by atoms with Gasteiger partial charge < -0.3 is 25.4 Å². The van der Waals surface area contributed by atoms with Gasteiger partial charge in [-0.3, -0.25) is 19.4 Å². The molecule has 10 nitrogen and oxygen atoms in total. The number of anilines is 2. The lowest BCUT2D eigenvalue weighted by molar-refractivity contribution is -0.136. The van der Waals surface area contributed by atoms with Crippen LogP contribution in [0.1, 0.15) is 24.1 Å². The predicted octanol–water partition coefficient (Wildman–Crippen LogP) is 3.66. The highest BCUT2D eigenvalue weighted by atomic mass is 19.1. The molecule has 0 radical (unpaired) electrons. The number of ether oxygens (including phenoxy) is 2. The summed E-state index contributed by atoms with van der Waals surface area (Å²) in [5.74, 6) is -0.961. The largest absolute Gasteiger partial charge is 0.497 e. The third-order valence-electron chi connectivity index (χ3n) is 6.88. The number of carbonyl (C=O) groups excluding carboxylic acids is 2. The molecule has 2 aromatic carbocycles. The zero-order valence-electron chi connectivity index (χ0n) is 22.7. The molecule has 0 unspecified atom stereocenters. The van der Waals surface area contributed by atoms with Gasteiger partial charge >= 0.3 is 11.8 Å². The van der Waals surface area contributed by atoms with Gasteiger partial charge in [0.25, 0.3) is 0 Å². The molecule has 214 valence electrons. The fourth-order valence-electron chi connectivity index (χ4n) is 4.62. The molecular weight excluding hydrogens is 529 g/mol. The number of aromatic nitrogens is 1. The molecule has 1 fully saturated rings. The number of rotatable bonds is 9. The predicted molar refractivity (Wildman–Crippen MR) is 152 cm³/mol. The molecule has 2 aliphatic heterocycles. The first-order chi connectivity index (χ1) is 20.0. The van der Waals surface area contributed by atoms with E-state index in [0.29, 0.717) is 41.8 Å². The SMILES string of the molecule is COc1ccc2c(c1)C(Oc1ccc(NC(=O)C(=O)NCc3ccccn3)cc1F)=CCN2OCC1CCNCC1. The Bertz CT molecular complexity index is 1410. The van der Waals surface area contributed by atoms with Crippen molar-refractivity contribution >= 4 is 28.9 Å². The maximum absolute atomic E-state index is 15.1. The van der Waals surface area contributed by atoms with Crippen LogP contribution in [0, 0.1) is 11.7 Å². The van der Waals surface area contributed by atoms with Crippen LogP contribution in [0.5, 0.6) is 11.5 Å². The van der Waals surface area contributed by atoms with Crippen molar-refractivity contribution in [2.45, 2.75) is 19.4 Å². The number of nitrogens with one attached hydrogen (secondary N) is 3. The van der Waals surface area contributed by atoms with Gasteiger partial charge in [-0.15, -0.1) is 0 Å². The number of pyridine rings is 1. The average Bonchev–Trinajstić information content (AvgIpc) is 3.01. The van der Waals surface area contributed by atoms with Crippen molar-refractivity contribution in [2.24, 2.45) is 5.92 Å². The number of fused-ring (bicyclic) bond motifs is 1. The lowest BCUT2D eigenvalue weighted by Crippen LogP contribution is -2.35. The van der Waals surface area contributed by atoms with E-state index in [9.17, 15) is 9.59 Å². The molecule has 0 atom stereocenters. The number of nitrogens with zero attached hydrogens (tertiary/aromatic N) is 2. The minimum Gasteiger partial charge on any atom is -0.497 e. The summed E-state index contributed by atoms with van der Waals surface area (Å²) in [6, 6.07) is 14.8. The van der Waals surface area contributed by atoms with Gasteiger partial charge in [-0.25, -0.2) is 9.45 Å². The lowest BCUT2D eigenvalue weighted by Gasteiger charge is -2.32.